The summed E-state index contributed by atoms with van der Waals surface area (Å²) in [5, 5.41) is 5.06. The smallest absolute Gasteiger partial charge is 0.319 e. The number of nitrogens with one attached hydrogen (secondary N) is 2. The highest BCUT2D eigenvalue weighted by molar-refractivity contribution is 8.14. The Labute approximate surface area is 133 Å². The van der Waals surface area contributed by atoms with E-state index in [1.807, 2.05) is 31.1 Å². The van der Waals surface area contributed by atoms with Crippen molar-refractivity contribution in [3.8, 4) is 0 Å². The molecule has 1 fully saturated rings. The largest absolute Gasteiger partial charge is 0.378 e. The molecule has 0 unspecified atom stereocenters. The van der Waals surface area contributed by atoms with Gasteiger partial charge >= 0.3 is 6.03 Å². The van der Waals surface area contributed by atoms with Gasteiger partial charge in [0.2, 0.25) is 5.91 Å². The number of hydrogen-bond donors (Lipinski definition) is 2. The highest BCUT2D eigenvalue weighted by atomic mass is 32.2. The van der Waals surface area contributed by atoms with Crippen molar-refractivity contribution in [2.24, 2.45) is 0 Å². The average Bonchev–Trinajstić information content (AvgIpc) is 2.79. The molecule has 0 aromatic heterocycles. The molecule has 1 heterocycles. The van der Waals surface area contributed by atoms with Crippen LogP contribution in [0.4, 0.5) is 21.0 Å². The second-order valence-electron chi connectivity index (χ2n) is 4.92. The number of carbonyl (C=O) groups excluding carboxylic acids is 3. The van der Waals surface area contributed by atoms with Crippen molar-refractivity contribution >= 4 is 40.3 Å². The molecule has 1 saturated heterocycles. The van der Waals surface area contributed by atoms with Crippen LogP contribution in [0.2, 0.25) is 0 Å². The first-order chi connectivity index (χ1) is 10.5. The molecule has 118 valence electrons. The molecule has 22 heavy (non-hydrogen) atoms. The maximum absolute atomic E-state index is 11.7. The Hall–Kier alpha value is -2.22. The summed E-state index contributed by atoms with van der Waals surface area (Å²) in [6.07, 6.45) is 0. The van der Waals surface area contributed by atoms with Gasteiger partial charge in [-0.2, -0.15) is 0 Å². The highest BCUT2D eigenvalue weighted by Crippen LogP contribution is 2.18. The van der Waals surface area contributed by atoms with E-state index in [-0.39, 0.29) is 36.0 Å². The normalized spacial score (nSPS) is 14.2. The van der Waals surface area contributed by atoms with Gasteiger partial charge in [0.1, 0.15) is 0 Å². The van der Waals surface area contributed by atoms with E-state index in [2.05, 4.69) is 10.6 Å². The van der Waals surface area contributed by atoms with Gasteiger partial charge < -0.3 is 15.5 Å². The van der Waals surface area contributed by atoms with Crippen molar-refractivity contribution in [3.05, 3.63) is 24.3 Å². The molecule has 0 bridgehead atoms. The zero-order chi connectivity index (χ0) is 16.1. The molecule has 2 N–H and O–H groups in total. The van der Waals surface area contributed by atoms with Gasteiger partial charge in [-0.05, 0) is 24.3 Å². The van der Waals surface area contributed by atoms with Crippen molar-refractivity contribution in [2.45, 2.75) is 0 Å². The van der Waals surface area contributed by atoms with Crippen molar-refractivity contribution in [3.63, 3.8) is 0 Å². The highest BCUT2D eigenvalue weighted by Gasteiger charge is 2.29. The number of rotatable bonds is 5. The first-order valence-corrected chi connectivity index (χ1v) is 7.75. The van der Waals surface area contributed by atoms with E-state index in [0.29, 0.717) is 5.69 Å². The molecule has 1 aromatic rings. The van der Waals surface area contributed by atoms with Crippen LogP contribution in [0.3, 0.4) is 0 Å². The van der Waals surface area contributed by atoms with Gasteiger partial charge in [-0.25, -0.2) is 4.79 Å². The van der Waals surface area contributed by atoms with Gasteiger partial charge in [-0.1, -0.05) is 11.8 Å². The zero-order valence-electron chi connectivity index (χ0n) is 12.5. The third-order valence-corrected chi connectivity index (χ3v) is 3.96. The van der Waals surface area contributed by atoms with Crippen LogP contribution < -0.4 is 15.5 Å². The van der Waals surface area contributed by atoms with Crippen LogP contribution in [0.5, 0.6) is 0 Å². The van der Waals surface area contributed by atoms with Gasteiger partial charge in [0.15, 0.2) is 0 Å². The molecular formula is C14H18N4O3S. The Morgan fingerprint density at radius 3 is 2.50 bits per heavy atom. The Kier molecular flexibility index (Phi) is 5.26. The van der Waals surface area contributed by atoms with Crippen LogP contribution in [0, 0.1) is 0 Å². The minimum absolute atomic E-state index is 0.184. The molecule has 2 rings (SSSR count). The van der Waals surface area contributed by atoms with E-state index >= 15 is 0 Å². The third-order valence-electron chi connectivity index (χ3n) is 3.10. The molecule has 1 aliphatic rings. The lowest BCUT2D eigenvalue weighted by atomic mass is 10.2. The van der Waals surface area contributed by atoms with Crippen LogP contribution in [-0.4, -0.2) is 55.0 Å². The summed E-state index contributed by atoms with van der Waals surface area (Å²) in [6, 6.07) is 7.03. The first kappa shape index (κ1) is 16.2. The van der Waals surface area contributed by atoms with Crippen LogP contribution >= 0.6 is 11.8 Å². The van der Waals surface area contributed by atoms with Gasteiger partial charge in [-0.15, -0.1) is 0 Å². The van der Waals surface area contributed by atoms with Crippen LogP contribution in [0.15, 0.2) is 24.3 Å². The second-order valence-corrected chi connectivity index (χ2v) is 5.85. The molecule has 0 saturated carbocycles. The summed E-state index contributed by atoms with van der Waals surface area (Å²) in [5.74, 6) is -0.0278. The second kappa shape index (κ2) is 7.17. The molecule has 0 radical (unpaired) electrons. The molecule has 1 aromatic carbocycles. The van der Waals surface area contributed by atoms with Crippen LogP contribution in [-0.2, 0) is 4.79 Å². The fraction of sp³-hybridized carbons (Fsp3) is 0.357. The van der Waals surface area contributed by atoms with Crippen molar-refractivity contribution in [1.82, 2.24) is 10.2 Å². The average molecular weight is 322 g/mol. The lowest BCUT2D eigenvalue weighted by Gasteiger charge is -2.14. The molecule has 0 aliphatic carbocycles. The van der Waals surface area contributed by atoms with Crippen LogP contribution in [0.25, 0.3) is 0 Å². The molecular weight excluding hydrogens is 304 g/mol. The third kappa shape index (κ3) is 4.14. The fourth-order valence-corrected chi connectivity index (χ4v) is 2.65. The zero-order valence-corrected chi connectivity index (χ0v) is 13.3. The number of anilines is 2. The number of benzene rings is 1. The summed E-state index contributed by atoms with van der Waals surface area (Å²) in [6.45, 7) is 0.414. The van der Waals surface area contributed by atoms with E-state index in [0.717, 1.165) is 22.3 Å². The SMILES string of the molecule is CN(C)c1ccc(NC(=O)NCCN2C(=O)CSC2=O)cc1. The van der Waals surface area contributed by atoms with Crippen LogP contribution in [0.1, 0.15) is 0 Å². The number of hydrogen-bond acceptors (Lipinski definition) is 5. The van der Waals surface area contributed by atoms with Crippen molar-refractivity contribution in [1.29, 1.82) is 0 Å². The first-order valence-electron chi connectivity index (χ1n) is 6.77. The quantitative estimate of drug-likeness (QED) is 0.860. The Balaban J connectivity index is 1.76. The van der Waals surface area contributed by atoms with Gasteiger partial charge in [0, 0.05) is 38.6 Å². The Morgan fingerprint density at radius 1 is 1.27 bits per heavy atom. The number of thioether (sulfide) groups is 1. The Bertz CT molecular complexity index is 558. The molecule has 8 heteroatoms. The fourth-order valence-electron chi connectivity index (χ4n) is 1.90. The minimum Gasteiger partial charge on any atom is -0.378 e. The van der Waals surface area contributed by atoms with E-state index in [1.54, 1.807) is 12.1 Å². The topological polar surface area (TPSA) is 81.8 Å². The predicted octanol–water partition coefficient (Wildman–Crippen LogP) is 1.57. The van der Waals surface area contributed by atoms with E-state index < -0.39 is 0 Å². The minimum atomic E-state index is -0.371. The lowest BCUT2D eigenvalue weighted by Crippen LogP contribution is -2.39. The number of imide groups is 1. The number of carbonyl (C=O) groups is 3. The predicted molar refractivity (Wildman–Crippen MR) is 87.4 cm³/mol. The van der Waals surface area contributed by atoms with E-state index in [9.17, 15) is 14.4 Å². The number of amides is 4. The van der Waals surface area contributed by atoms with E-state index in [4.69, 9.17) is 0 Å². The summed E-state index contributed by atoms with van der Waals surface area (Å²) < 4.78 is 0. The Morgan fingerprint density at radius 2 is 1.95 bits per heavy atom. The standard InChI is InChI=1S/C14H18N4O3S/c1-17(2)11-5-3-10(4-6-11)16-13(20)15-7-8-18-12(19)9-22-14(18)21/h3-6H,7-9H2,1-2H3,(H2,15,16,20). The summed E-state index contributed by atoms with van der Waals surface area (Å²) >= 11 is 0.984. The summed E-state index contributed by atoms with van der Waals surface area (Å²) in [5.41, 5.74) is 1.71. The van der Waals surface area contributed by atoms with Gasteiger partial charge in [0.05, 0.1) is 5.75 Å². The molecule has 0 atom stereocenters. The maximum atomic E-state index is 11.7. The lowest BCUT2D eigenvalue weighted by molar-refractivity contribution is -0.124. The van der Waals surface area contributed by atoms with Gasteiger partial charge in [0.25, 0.3) is 5.24 Å². The molecule has 0 spiro atoms. The maximum Gasteiger partial charge on any atom is 0.319 e. The summed E-state index contributed by atoms with van der Waals surface area (Å²) in [4.78, 5) is 37.6. The monoisotopic (exact) mass is 322 g/mol. The molecule has 1 aliphatic heterocycles. The summed E-state index contributed by atoms with van der Waals surface area (Å²) in [7, 11) is 3.88. The van der Waals surface area contributed by atoms with Crippen molar-refractivity contribution in [2.75, 3.05) is 43.2 Å². The number of urea groups is 1. The number of nitrogens with zero attached hydrogens (tertiary/aromatic N) is 2. The molecule has 7 nitrogen and oxygen atoms in total. The molecule has 4 amide bonds. The van der Waals surface area contributed by atoms with Crippen molar-refractivity contribution < 1.29 is 14.4 Å². The van der Waals surface area contributed by atoms with E-state index in [1.165, 1.54) is 0 Å². The van der Waals surface area contributed by atoms with Gasteiger partial charge in [-0.3, -0.25) is 14.5 Å².